The van der Waals surface area contributed by atoms with Crippen LogP contribution in [-0.2, 0) is 9.59 Å². The summed E-state index contributed by atoms with van der Waals surface area (Å²) in [5.74, 6) is -0.800. The van der Waals surface area contributed by atoms with Gasteiger partial charge in [0, 0.05) is 12.1 Å². The van der Waals surface area contributed by atoms with Crippen LogP contribution >= 0.6 is 11.6 Å². The van der Waals surface area contributed by atoms with Crippen molar-refractivity contribution >= 4 is 34.8 Å². The first-order chi connectivity index (χ1) is 8.97. The summed E-state index contributed by atoms with van der Waals surface area (Å²) in [5, 5.41) is 13.2. The molecule has 1 aromatic carbocycles. The minimum atomic E-state index is -0.733. The van der Waals surface area contributed by atoms with E-state index in [1.54, 1.807) is 0 Å². The van der Waals surface area contributed by atoms with Gasteiger partial charge in [-0.1, -0.05) is 11.6 Å². The van der Waals surface area contributed by atoms with Gasteiger partial charge in [0.15, 0.2) is 0 Å². The largest absolute Gasteiger partial charge is 0.323 e. The number of carbonyl (C=O) groups excluding carboxylic acids is 2. The molecular weight excluding hydrogens is 276 g/mol. The van der Waals surface area contributed by atoms with Crippen LogP contribution in [0.4, 0.5) is 11.4 Å². The maximum absolute atomic E-state index is 11.8. The van der Waals surface area contributed by atoms with Gasteiger partial charge in [0.05, 0.1) is 22.1 Å². The normalized spacial score (nSPS) is 17.9. The quantitative estimate of drug-likeness (QED) is 0.555. The highest BCUT2D eigenvalue weighted by atomic mass is 35.5. The molecule has 3 N–H and O–H groups in total. The van der Waals surface area contributed by atoms with Crippen LogP contribution in [0.5, 0.6) is 0 Å². The smallest absolute Gasteiger partial charge is 0.271 e. The molecular formula is C10H9ClN4O4. The summed E-state index contributed by atoms with van der Waals surface area (Å²) in [7, 11) is 0. The predicted octanol–water partition coefficient (Wildman–Crippen LogP) is 0.580. The zero-order valence-corrected chi connectivity index (χ0v) is 10.2. The molecule has 0 saturated carbocycles. The Bertz CT molecular complexity index is 562. The average Bonchev–Trinajstić information content (AvgIpc) is 2.78. The number of rotatable bonds is 3. The number of anilines is 1. The predicted molar refractivity (Wildman–Crippen MR) is 66.4 cm³/mol. The first-order valence-corrected chi connectivity index (χ1v) is 5.64. The fourth-order valence-electron chi connectivity index (χ4n) is 1.56. The number of hydrogen-bond donors (Lipinski definition) is 3. The van der Waals surface area contributed by atoms with Gasteiger partial charge in [-0.3, -0.25) is 25.1 Å². The van der Waals surface area contributed by atoms with E-state index in [1.807, 2.05) is 0 Å². The van der Waals surface area contributed by atoms with Crippen molar-refractivity contribution < 1.29 is 14.5 Å². The van der Waals surface area contributed by atoms with E-state index in [1.165, 1.54) is 12.1 Å². The van der Waals surface area contributed by atoms with E-state index in [0.29, 0.717) is 0 Å². The third kappa shape index (κ3) is 2.98. The summed E-state index contributed by atoms with van der Waals surface area (Å²) < 4.78 is 0. The highest BCUT2D eigenvalue weighted by Crippen LogP contribution is 2.26. The fraction of sp³-hybridized carbons (Fsp3) is 0.200. The van der Waals surface area contributed by atoms with Crippen molar-refractivity contribution in [2.75, 3.05) is 5.32 Å². The number of nitro groups is 1. The Labute approximate surface area is 112 Å². The van der Waals surface area contributed by atoms with Crippen LogP contribution in [0.15, 0.2) is 18.2 Å². The Hall–Kier alpha value is -2.19. The second kappa shape index (κ2) is 5.21. The molecule has 1 fully saturated rings. The molecule has 1 saturated heterocycles. The summed E-state index contributed by atoms with van der Waals surface area (Å²) in [5.41, 5.74) is 4.72. The maximum atomic E-state index is 11.8. The molecule has 0 spiro atoms. The highest BCUT2D eigenvalue weighted by Gasteiger charge is 2.28. The van der Waals surface area contributed by atoms with Gasteiger partial charge in [-0.25, -0.2) is 5.43 Å². The zero-order valence-electron chi connectivity index (χ0n) is 9.47. The Balaban J connectivity index is 2.14. The molecule has 0 aliphatic carbocycles. The molecule has 1 aromatic rings. The van der Waals surface area contributed by atoms with E-state index in [2.05, 4.69) is 16.2 Å². The number of hydrazine groups is 1. The van der Waals surface area contributed by atoms with Gasteiger partial charge in [-0.15, -0.1) is 0 Å². The molecule has 9 heteroatoms. The number of benzene rings is 1. The van der Waals surface area contributed by atoms with Crippen molar-refractivity contribution in [2.45, 2.75) is 12.5 Å². The van der Waals surface area contributed by atoms with Crippen molar-refractivity contribution in [1.29, 1.82) is 0 Å². The Morgan fingerprint density at radius 3 is 2.84 bits per heavy atom. The second-order valence-corrected chi connectivity index (χ2v) is 4.27. The van der Waals surface area contributed by atoms with Crippen molar-refractivity contribution in [1.82, 2.24) is 10.9 Å². The van der Waals surface area contributed by atoms with Crippen molar-refractivity contribution in [3.05, 3.63) is 33.3 Å². The van der Waals surface area contributed by atoms with Crippen LogP contribution in [0.1, 0.15) is 6.42 Å². The lowest BCUT2D eigenvalue weighted by Gasteiger charge is -2.10. The van der Waals surface area contributed by atoms with Crippen LogP contribution in [0, 0.1) is 10.1 Å². The van der Waals surface area contributed by atoms with Gasteiger partial charge in [0.2, 0.25) is 11.8 Å². The molecule has 1 aliphatic heterocycles. The lowest BCUT2D eigenvalue weighted by molar-refractivity contribution is -0.384. The minimum absolute atomic E-state index is 0.00161. The molecule has 1 aliphatic rings. The van der Waals surface area contributed by atoms with Gasteiger partial charge >= 0.3 is 0 Å². The Morgan fingerprint density at radius 2 is 2.26 bits per heavy atom. The second-order valence-electron chi connectivity index (χ2n) is 3.86. The topological polar surface area (TPSA) is 113 Å². The fourth-order valence-corrected chi connectivity index (χ4v) is 1.72. The molecule has 0 bridgehead atoms. The Morgan fingerprint density at radius 1 is 1.53 bits per heavy atom. The molecule has 1 heterocycles. The summed E-state index contributed by atoms with van der Waals surface area (Å²) in [6.07, 6.45) is -0.00161. The van der Waals surface area contributed by atoms with E-state index in [-0.39, 0.29) is 28.7 Å². The van der Waals surface area contributed by atoms with Crippen molar-refractivity contribution in [3.8, 4) is 0 Å². The molecule has 1 unspecified atom stereocenters. The van der Waals surface area contributed by atoms with E-state index >= 15 is 0 Å². The number of nitro benzene ring substituents is 1. The zero-order chi connectivity index (χ0) is 14.0. The number of non-ortho nitro benzene ring substituents is 1. The van der Waals surface area contributed by atoms with E-state index in [4.69, 9.17) is 11.6 Å². The van der Waals surface area contributed by atoms with Crippen LogP contribution in [0.3, 0.4) is 0 Å². The lowest BCUT2D eigenvalue weighted by Crippen LogP contribution is -2.39. The molecule has 2 rings (SSSR count). The standard InChI is InChI=1S/C10H9ClN4O4/c11-6-2-1-5(15(18)19)3-7(6)12-10(17)8-4-9(16)14-13-8/h1-3,8,13H,4H2,(H,12,17)(H,14,16). The number of nitrogens with zero attached hydrogens (tertiary/aromatic N) is 1. The lowest BCUT2D eigenvalue weighted by atomic mass is 10.2. The maximum Gasteiger partial charge on any atom is 0.271 e. The summed E-state index contributed by atoms with van der Waals surface area (Å²) in [6.45, 7) is 0. The number of halogens is 1. The summed E-state index contributed by atoms with van der Waals surface area (Å²) >= 11 is 5.84. The van der Waals surface area contributed by atoms with Gasteiger partial charge in [-0.05, 0) is 6.07 Å². The van der Waals surface area contributed by atoms with Crippen LogP contribution < -0.4 is 16.2 Å². The SMILES string of the molecule is O=C1CC(C(=O)Nc2cc([N+](=O)[O-])ccc2Cl)NN1. The third-order valence-corrected chi connectivity index (χ3v) is 2.84. The molecule has 0 radical (unpaired) electrons. The third-order valence-electron chi connectivity index (χ3n) is 2.51. The van der Waals surface area contributed by atoms with E-state index in [9.17, 15) is 19.7 Å². The highest BCUT2D eigenvalue weighted by molar-refractivity contribution is 6.33. The molecule has 2 amide bonds. The van der Waals surface area contributed by atoms with Gasteiger partial charge in [-0.2, -0.15) is 0 Å². The first kappa shape index (κ1) is 13.2. The van der Waals surface area contributed by atoms with Gasteiger partial charge < -0.3 is 5.32 Å². The molecule has 19 heavy (non-hydrogen) atoms. The monoisotopic (exact) mass is 284 g/mol. The number of amides is 2. The number of hydrogen-bond acceptors (Lipinski definition) is 5. The number of carbonyl (C=O) groups is 2. The summed E-state index contributed by atoms with van der Waals surface area (Å²) in [4.78, 5) is 32.8. The van der Waals surface area contributed by atoms with E-state index < -0.39 is 16.9 Å². The van der Waals surface area contributed by atoms with Crippen LogP contribution in [0.25, 0.3) is 0 Å². The molecule has 0 aromatic heterocycles. The van der Waals surface area contributed by atoms with Crippen LogP contribution in [0.2, 0.25) is 5.02 Å². The van der Waals surface area contributed by atoms with Crippen LogP contribution in [-0.4, -0.2) is 22.8 Å². The summed E-state index contributed by atoms with van der Waals surface area (Å²) in [6, 6.07) is 2.98. The minimum Gasteiger partial charge on any atom is -0.323 e. The first-order valence-electron chi connectivity index (χ1n) is 5.26. The van der Waals surface area contributed by atoms with Gasteiger partial charge in [0.1, 0.15) is 6.04 Å². The van der Waals surface area contributed by atoms with Gasteiger partial charge in [0.25, 0.3) is 5.69 Å². The van der Waals surface area contributed by atoms with Crippen molar-refractivity contribution in [2.24, 2.45) is 0 Å². The molecule has 8 nitrogen and oxygen atoms in total. The average molecular weight is 285 g/mol. The van der Waals surface area contributed by atoms with E-state index in [0.717, 1.165) is 6.07 Å². The van der Waals surface area contributed by atoms with Crippen molar-refractivity contribution in [3.63, 3.8) is 0 Å². The Kier molecular flexibility index (Phi) is 3.63. The molecule has 1 atom stereocenters. The number of nitrogens with one attached hydrogen (secondary N) is 3. The molecule has 100 valence electrons.